The molecule has 3 nitrogen and oxygen atoms in total. The van der Waals surface area contributed by atoms with Crippen LogP contribution in [0.5, 0.6) is 0 Å². The minimum atomic E-state index is -0.612. The number of likely N-dealkylation sites (N-methyl/N-ethyl adjacent to an activating group) is 1. The van der Waals surface area contributed by atoms with Crippen LogP contribution in [0.25, 0.3) is 0 Å². The number of thiazole rings is 1. The van der Waals surface area contributed by atoms with Gasteiger partial charge in [-0.3, -0.25) is 0 Å². The molecule has 1 rings (SSSR count). The van der Waals surface area contributed by atoms with Crippen LogP contribution in [0.2, 0.25) is 0 Å². The minimum Gasteiger partial charge on any atom is -0.389 e. The van der Waals surface area contributed by atoms with Gasteiger partial charge in [-0.1, -0.05) is 0 Å². The van der Waals surface area contributed by atoms with Crippen LogP contribution in [0.1, 0.15) is 37.4 Å². The third kappa shape index (κ3) is 6.69. The summed E-state index contributed by atoms with van der Waals surface area (Å²) in [6.07, 6.45) is 3.28. The molecular weight excluding hydrogens is 268 g/mol. The van der Waals surface area contributed by atoms with Gasteiger partial charge in [-0.05, 0) is 46.7 Å². The Kier molecular flexibility index (Phi) is 6.57. The average molecular weight is 291 g/mol. The topological polar surface area (TPSA) is 36.4 Å². The quantitative estimate of drug-likeness (QED) is 0.591. The highest BCUT2D eigenvalue weighted by molar-refractivity contribution is 7.09. The van der Waals surface area contributed by atoms with E-state index in [4.69, 9.17) is 11.6 Å². The Balaban J connectivity index is 2.15. The van der Waals surface area contributed by atoms with E-state index in [0.717, 1.165) is 31.5 Å². The fourth-order valence-electron chi connectivity index (χ4n) is 1.92. The van der Waals surface area contributed by atoms with Crippen LogP contribution in [-0.4, -0.2) is 40.7 Å². The van der Waals surface area contributed by atoms with E-state index < -0.39 is 5.60 Å². The van der Waals surface area contributed by atoms with E-state index in [-0.39, 0.29) is 0 Å². The van der Waals surface area contributed by atoms with Gasteiger partial charge in [0, 0.05) is 11.9 Å². The molecular formula is C13H23ClN2OS. The Morgan fingerprint density at radius 3 is 2.72 bits per heavy atom. The number of nitrogens with zero attached hydrogens (tertiary/aromatic N) is 2. The van der Waals surface area contributed by atoms with E-state index in [1.807, 2.05) is 26.3 Å². The number of halogens is 1. The second kappa shape index (κ2) is 7.43. The molecule has 0 bridgehead atoms. The molecule has 1 aromatic rings. The van der Waals surface area contributed by atoms with Crippen LogP contribution in [0.3, 0.4) is 0 Å². The van der Waals surface area contributed by atoms with Crippen LogP contribution in [0, 0.1) is 0 Å². The van der Waals surface area contributed by atoms with Crippen molar-refractivity contribution in [3.63, 3.8) is 0 Å². The number of hydrogen-bond donors (Lipinski definition) is 1. The van der Waals surface area contributed by atoms with Gasteiger partial charge in [-0.2, -0.15) is 0 Å². The third-order valence-corrected chi connectivity index (χ3v) is 3.80. The van der Waals surface area contributed by atoms with Gasteiger partial charge in [0.15, 0.2) is 0 Å². The lowest BCUT2D eigenvalue weighted by molar-refractivity contribution is 0.0442. The fraction of sp³-hybridized carbons (Fsp3) is 0.769. The van der Waals surface area contributed by atoms with Crippen molar-refractivity contribution in [2.45, 2.75) is 44.6 Å². The highest BCUT2D eigenvalue weighted by Crippen LogP contribution is 2.14. The zero-order valence-electron chi connectivity index (χ0n) is 11.4. The molecule has 0 radical (unpaired) electrons. The van der Waals surface area contributed by atoms with Gasteiger partial charge < -0.3 is 10.0 Å². The van der Waals surface area contributed by atoms with Gasteiger partial charge in [0.2, 0.25) is 0 Å². The molecule has 0 atom stereocenters. The van der Waals surface area contributed by atoms with Gasteiger partial charge in [-0.25, -0.2) is 4.98 Å². The maximum atomic E-state index is 9.69. The average Bonchev–Trinajstić information content (AvgIpc) is 2.70. The highest BCUT2D eigenvalue weighted by Gasteiger charge is 2.14. The summed E-state index contributed by atoms with van der Waals surface area (Å²) in [7, 11) is 2.05. The van der Waals surface area contributed by atoms with Crippen LogP contribution in [-0.2, 0) is 12.3 Å². The molecule has 0 saturated carbocycles. The molecule has 0 aliphatic heterocycles. The first kappa shape index (κ1) is 15.9. The molecule has 0 amide bonds. The molecule has 1 heterocycles. The summed E-state index contributed by atoms with van der Waals surface area (Å²) in [5.41, 5.74) is 0.370. The molecule has 104 valence electrons. The lowest BCUT2D eigenvalue weighted by Gasteiger charge is -2.25. The van der Waals surface area contributed by atoms with Crippen LogP contribution in [0.4, 0.5) is 0 Å². The maximum Gasteiger partial charge on any atom is 0.0928 e. The smallest absolute Gasteiger partial charge is 0.0928 e. The molecule has 1 aromatic heterocycles. The molecule has 18 heavy (non-hydrogen) atoms. The Hall–Kier alpha value is -0.160. The Bertz CT molecular complexity index is 349. The van der Waals surface area contributed by atoms with E-state index in [0.29, 0.717) is 12.4 Å². The predicted molar refractivity (Wildman–Crippen MR) is 78.4 cm³/mol. The van der Waals surface area contributed by atoms with E-state index in [1.54, 1.807) is 11.3 Å². The Labute approximate surface area is 119 Å². The number of aliphatic hydroxyl groups is 1. The molecule has 1 N–H and O–H groups in total. The summed E-state index contributed by atoms with van der Waals surface area (Å²) in [5, 5.41) is 12.9. The zero-order chi connectivity index (χ0) is 13.6. The predicted octanol–water partition coefficient (Wildman–Crippen LogP) is 2.91. The van der Waals surface area contributed by atoms with E-state index in [1.165, 1.54) is 5.01 Å². The summed E-state index contributed by atoms with van der Waals surface area (Å²) in [6.45, 7) is 5.40. The molecule has 5 heteroatoms. The number of alkyl halides is 1. The van der Waals surface area contributed by atoms with E-state index in [9.17, 15) is 5.11 Å². The van der Waals surface area contributed by atoms with Gasteiger partial charge in [-0.15, -0.1) is 22.9 Å². The lowest BCUT2D eigenvalue weighted by atomic mass is 10.1. The molecule has 0 aliphatic rings. The Morgan fingerprint density at radius 2 is 2.17 bits per heavy atom. The number of aryl methyl sites for hydroxylation is 1. The Morgan fingerprint density at radius 1 is 1.44 bits per heavy atom. The highest BCUT2D eigenvalue weighted by atomic mass is 35.5. The van der Waals surface area contributed by atoms with Crippen LogP contribution >= 0.6 is 22.9 Å². The van der Waals surface area contributed by atoms with Gasteiger partial charge in [0.05, 0.1) is 22.2 Å². The summed E-state index contributed by atoms with van der Waals surface area (Å²) in [4.78, 5) is 6.61. The SMILES string of the molecule is CN(CCCCc1nc(CCl)cs1)CC(C)(C)O. The lowest BCUT2D eigenvalue weighted by Crippen LogP contribution is -2.36. The molecule has 0 fully saturated rings. The number of unbranched alkanes of at least 4 members (excludes halogenated alkanes) is 1. The number of rotatable bonds is 8. The van der Waals surface area contributed by atoms with E-state index >= 15 is 0 Å². The zero-order valence-corrected chi connectivity index (χ0v) is 13.0. The number of aromatic nitrogens is 1. The van der Waals surface area contributed by atoms with Crippen molar-refractivity contribution in [3.8, 4) is 0 Å². The monoisotopic (exact) mass is 290 g/mol. The summed E-state index contributed by atoms with van der Waals surface area (Å²) in [5.74, 6) is 0.505. The molecule has 0 aromatic carbocycles. The first-order valence-electron chi connectivity index (χ1n) is 6.31. The number of hydrogen-bond acceptors (Lipinski definition) is 4. The third-order valence-electron chi connectivity index (χ3n) is 2.57. The first-order chi connectivity index (χ1) is 8.40. The van der Waals surface area contributed by atoms with Crippen LogP contribution in [0.15, 0.2) is 5.38 Å². The molecule has 0 saturated heterocycles. The van der Waals surface area contributed by atoms with Crippen molar-refractivity contribution < 1.29 is 5.11 Å². The van der Waals surface area contributed by atoms with E-state index in [2.05, 4.69) is 9.88 Å². The fourth-order valence-corrected chi connectivity index (χ4v) is 2.99. The van der Waals surface area contributed by atoms with Gasteiger partial charge >= 0.3 is 0 Å². The summed E-state index contributed by atoms with van der Waals surface area (Å²) >= 11 is 7.41. The van der Waals surface area contributed by atoms with Crippen molar-refractivity contribution in [3.05, 3.63) is 16.1 Å². The van der Waals surface area contributed by atoms with Crippen molar-refractivity contribution in [2.24, 2.45) is 0 Å². The second-order valence-electron chi connectivity index (χ2n) is 5.37. The minimum absolute atomic E-state index is 0.505. The van der Waals surface area contributed by atoms with Crippen LogP contribution < -0.4 is 0 Å². The van der Waals surface area contributed by atoms with Crippen molar-refractivity contribution in [1.29, 1.82) is 0 Å². The standard InChI is InChI=1S/C13H23ClN2OS/c1-13(2,17)10-16(3)7-5-4-6-12-15-11(8-14)9-18-12/h9,17H,4-8,10H2,1-3H3. The maximum absolute atomic E-state index is 9.69. The molecule has 0 unspecified atom stereocenters. The van der Waals surface area contributed by atoms with Crippen molar-refractivity contribution >= 4 is 22.9 Å². The molecule has 0 spiro atoms. The molecule has 0 aliphatic carbocycles. The first-order valence-corrected chi connectivity index (χ1v) is 7.72. The van der Waals surface area contributed by atoms with Crippen molar-refractivity contribution in [2.75, 3.05) is 20.1 Å². The van der Waals surface area contributed by atoms with Gasteiger partial charge in [0.25, 0.3) is 0 Å². The largest absolute Gasteiger partial charge is 0.389 e. The normalized spacial score (nSPS) is 12.3. The van der Waals surface area contributed by atoms with Gasteiger partial charge in [0.1, 0.15) is 0 Å². The second-order valence-corrected chi connectivity index (χ2v) is 6.58. The summed E-state index contributed by atoms with van der Waals surface area (Å²) < 4.78 is 0. The van der Waals surface area contributed by atoms with Crippen molar-refractivity contribution in [1.82, 2.24) is 9.88 Å². The summed E-state index contributed by atoms with van der Waals surface area (Å²) in [6, 6.07) is 0.